The Morgan fingerprint density at radius 2 is 2.50 bits per heavy atom. The predicted molar refractivity (Wildman–Crippen MR) is 66.8 cm³/mol. The molecule has 0 saturated carbocycles. The summed E-state index contributed by atoms with van der Waals surface area (Å²) in [4.78, 5) is 10.8. The summed E-state index contributed by atoms with van der Waals surface area (Å²) in [5.41, 5.74) is 5.94. The van der Waals surface area contributed by atoms with Crippen LogP contribution in [0.15, 0.2) is 35.2 Å². The van der Waals surface area contributed by atoms with Gasteiger partial charge in [-0.25, -0.2) is 0 Å². The Bertz CT molecular complexity index is 504. The summed E-state index contributed by atoms with van der Waals surface area (Å²) in [5.74, 6) is 0.461. The molecule has 96 valence electrons. The van der Waals surface area contributed by atoms with Crippen LogP contribution in [-0.4, -0.2) is 15.7 Å². The molecular weight excluding hydrogens is 232 g/mol. The van der Waals surface area contributed by atoms with Gasteiger partial charge in [0, 0.05) is 6.20 Å². The molecule has 2 rings (SSSR count). The van der Waals surface area contributed by atoms with Gasteiger partial charge in [0.25, 0.3) is 0 Å². The molecule has 6 heteroatoms. The van der Waals surface area contributed by atoms with Gasteiger partial charge in [0.05, 0.1) is 24.2 Å². The second kappa shape index (κ2) is 5.39. The summed E-state index contributed by atoms with van der Waals surface area (Å²) in [5, 5.41) is 7.34. The van der Waals surface area contributed by atoms with Crippen molar-refractivity contribution in [1.29, 1.82) is 0 Å². The maximum atomic E-state index is 10.8. The van der Waals surface area contributed by atoms with E-state index in [-0.39, 0.29) is 12.6 Å². The summed E-state index contributed by atoms with van der Waals surface area (Å²) >= 11 is 0. The third-order valence-electron chi connectivity index (χ3n) is 2.59. The van der Waals surface area contributed by atoms with E-state index in [1.807, 2.05) is 12.1 Å². The van der Waals surface area contributed by atoms with Crippen molar-refractivity contribution in [3.63, 3.8) is 0 Å². The second-order valence-corrected chi connectivity index (χ2v) is 4.01. The average molecular weight is 248 g/mol. The van der Waals surface area contributed by atoms with Crippen LogP contribution in [0.2, 0.25) is 0 Å². The number of furan rings is 1. The Morgan fingerprint density at radius 1 is 1.67 bits per heavy atom. The van der Waals surface area contributed by atoms with Gasteiger partial charge < -0.3 is 15.5 Å². The Balaban J connectivity index is 2.04. The molecule has 2 aromatic rings. The van der Waals surface area contributed by atoms with Gasteiger partial charge in [-0.1, -0.05) is 6.92 Å². The smallest absolute Gasteiger partial charge is 0.239 e. The first-order valence-corrected chi connectivity index (χ1v) is 5.79. The van der Waals surface area contributed by atoms with Crippen LogP contribution in [0.4, 0.5) is 5.69 Å². The van der Waals surface area contributed by atoms with Crippen LogP contribution in [0.1, 0.15) is 25.1 Å². The molecule has 0 spiro atoms. The summed E-state index contributed by atoms with van der Waals surface area (Å²) in [6.07, 6.45) is 5.94. The van der Waals surface area contributed by atoms with E-state index in [1.165, 1.54) is 4.68 Å². The molecule has 0 aliphatic rings. The van der Waals surface area contributed by atoms with Crippen molar-refractivity contribution in [2.45, 2.75) is 25.9 Å². The lowest BCUT2D eigenvalue weighted by Gasteiger charge is -2.13. The number of hydrogen-bond donors (Lipinski definition) is 2. The quantitative estimate of drug-likeness (QED) is 0.811. The number of aromatic nitrogens is 2. The Labute approximate surface area is 105 Å². The molecular formula is C12H16N4O2. The lowest BCUT2D eigenvalue weighted by molar-refractivity contribution is -0.118. The first-order valence-electron chi connectivity index (χ1n) is 5.79. The average Bonchev–Trinajstić information content (AvgIpc) is 2.96. The van der Waals surface area contributed by atoms with E-state index in [4.69, 9.17) is 10.2 Å². The highest BCUT2D eigenvalue weighted by atomic mass is 16.3. The highest BCUT2D eigenvalue weighted by Crippen LogP contribution is 2.22. The van der Waals surface area contributed by atoms with E-state index < -0.39 is 5.91 Å². The van der Waals surface area contributed by atoms with Crippen molar-refractivity contribution in [2.75, 3.05) is 5.32 Å². The van der Waals surface area contributed by atoms with Gasteiger partial charge in [-0.05, 0) is 18.6 Å². The zero-order chi connectivity index (χ0) is 13.0. The monoisotopic (exact) mass is 248 g/mol. The van der Waals surface area contributed by atoms with Crippen LogP contribution in [0.3, 0.4) is 0 Å². The minimum absolute atomic E-state index is 0.0826. The number of primary amides is 1. The number of hydrogen-bond acceptors (Lipinski definition) is 4. The second-order valence-electron chi connectivity index (χ2n) is 4.01. The van der Waals surface area contributed by atoms with Gasteiger partial charge in [-0.3, -0.25) is 9.48 Å². The number of amides is 1. The van der Waals surface area contributed by atoms with Crippen LogP contribution in [0.25, 0.3) is 0 Å². The molecule has 0 aliphatic heterocycles. The summed E-state index contributed by atoms with van der Waals surface area (Å²) in [7, 11) is 0. The van der Waals surface area contributed by atoms with Gasteiger partial charge >= 0.3 is 0 Å². The van der Waals surface area contributed by atoms with Crippen molar-refractivity contribution in [3.05, 3.63) is 36.5 Å². The largest absolute Gasteiger partial charge is 0.467 e. The molecule has 2 heterocycles. The van der Waals surface area contributed by atoms with Crippen molar-refractivity contribution in [3.8, 4) is 0 Å². The topological polar surface area (TPSA) is 86.1 Å². The third kappa shape index (κ3) is 2.91. The van der Waals surface area contributed by atoms with E-state index in [1.54, 1.807) is 18.7 Å². The van der Waals surface area contributed by atoms with E-state index in [0.717, 1.165) is 17.9 Å². The van der Waals surface area contributed by atoms with Crippen molar-refractivity contribution >= 4 is 11.6 Å². The maximum Gasteiger partial charge on any atom is 0.239 e. The predicted octanol–water partition coefficient (Wildman–Crippen LogP) is 1.52. The van der Waals surface area contributed by atoms with Crippen molar-refractivity contribution in [1.82, 2.24) is 9.78 Å². The first-order chi connectivity index (χ1) is 8.69. The number of rotatable bonds is 6. The number of nitrogens with zero attached hydrogens (tertiary/aromatic N) is 2. The number of nitrogens with one attached hydrogen (secondary N) is 1. The van der Waals surface area contributed by atoms with Gasteiger partial charge in [0.2, 0.25) is 5.91 Å². The van der Waals surface area contributed by atoms with E-state index in [9.17, 15) is 4.79 Å². The van der Waals surface area contributed by atoms with Gasteiger partial charge in [-0.15, -0.1) is 0 Å². The number of carbonyl (C=O) groups excluding carboxylic acids is 1. The zero-order valence-electron chi connectivity index (χ0n) is 10.2. The summed E-state index contributed by atoms with van der Waals surface area (Å²) in [6.45, 7) is 2.15. The minimum atomic E-state index is -0.414. The van der Waals surface area contributed by atoms with Crippen LogP contribution < -0.4 is 11.1 Å². The third-order valence-corrected chi connectivity index (χ3v) is 2.59. The minimum Gasteiger partial charge on any atom is -0.467 e. The molecule has 0 radical (unpaired) electrons. The molecule has 1 unspecified atom stereocenters. The SMILES string of the molecule is CCC(Nc1cnn(CC(N)=O)c1)c1ccco1. The fourth-order valence-electron chi connectivity index (χ4n) is 1.75. The summed E-state index contributed by atoms with van der Waals surface area (Å²) < 4.78 is 6.87. The normalized spacial score (nSPS) is 12.3. The van der Waals surface area contributed by atoms with Gasteiger partial charge in [0.15, 0.2) is 0 Å². The lowest BCUT2D eigenvalue weighted by atomic mass is 10.1. The maximum absolute atomic E-state index is 10.8. The Hall–Kier alpha value is -2.24. The molecule has 18 heavy (non-hydrogen) atoms. The van der Waals surface area contributed by atoms with Crippen molar-refractivity contribution in [2.24, 2.45) is 5.73 Å². The molecule has 1 amide bonds. The molecule has 3 N–H and O–H groups in total. The van der Waals surface area contributed by atoms with Gasteiger partial charge in [0.1, 0.15) is 12.3 Å². The molecule has 2 aromatic heterocycles. The molecule has 0 aromatic carbocycles. The van der Waals surface area contributed by atoms with Gasteiger partial charge in [-0.2, -0.15) is 5.10 Å². The van der Waals surface area contributed by atoms with E-state index in [2.05, 4.69) is 17.3 Å². The highest BCUT2D eigenvalue weighted by Gasteiger charge is 2.12. The Kier molecular flexibility index (Phi) is 3.66. The molecule has 0 saturated heterocycles. The zero-order valence-corrected chi connectivity index (χ0v) is 10.2. The lowest BCUT2D eigenvalue weighted by Crippen LogP contribution is -2.18. The number of nitrogens with two attached hydrogens (primary N) is 1. The first kappa shape index (κ1) is 12.2. The Morgan fingerprint density at radius 3 is 3.11 bits per heavy atom. The fraction of sp³-hybridized carbons (Fsp3) is 0.333. The highest BCUT2D eigenvalue weighted by molar-refractivity contribution is 5.73. The van der Waals surface area contributed by atoms with Crippen LogP contribution in [0.5, 0.6) is 0 Å². The molecule has 6 nitrogen and oxygen atoms in total. The molecule has 1 atom stereocenters. The standard InChI is InChI=1S/C12H16N4O2/c1-2-10(11-4-3-5-18-11)15-9-6-14-16(7-9)8-12(13)17/h3-7,10,15H,2,8H2,1H3,(H2,13,17). The number of anilines is 1. The molecule has 0 fully saturated rings. The molecule has 0 bridgehead atoms. The van der Waals surface area contributed by atoms with E-state index in [0.29, 0.717) is 0 Å². The van der Waals surface area contributed by atoms with E-state index >= 15 is 0 Å². The van der Waals surface area contributed by atoms with Crippen molar-refractivity contribution < 1.29 is 9.21 Å². The van der Waals surface area contributed by atoms with Crippen LogP contribution in [0, 0.1) is 0 Å². The fourth-order valence-corrected chi connectivity index (χ4v) is 1.75. The summed E-state index contributed by atoms with van der Waals surface area (Å²) in [6, 6.07) is 3.87. The van der Waals surface area contributed by atoms with Crippen LogP contribution in [-0.2, 0) is 11.3 Å². The molecule has 0 aliphatic carbocycles. The number of carbonyl (C=O) groups is 1. The van der Waals surface area contributed by atoms with Crippen LogP contribution >= 0.6 is 0 Å².